The maximum Gasteiger partial charge on any atom is 0.303 e. The fourth-order valence-electron chi connectivity index (χ4n) is 10.7. The van der Waals surface area contributed by atoms with Crippen LogP contribution < -0.4 is 16.0 Å². The van der Waals surface area contributed by atoms with Crippen LogP contribution in [-0.2, 0) is 31.0 Å². The molecule has 7 atom stereocenters. The molecule has 0 aliphatic heterocycles. The third-order valence-electron chi connectivity index (χ3n) is 13.4. The number of nitrogens with one attached hydrogen (secondary N) is 3. The summed E-state index contributed by atoms with van der Waals surface area (Å²) in [5.41, 5.74) is 2.95. The number of rotatable bonds is 9. The van der Waals surface area contributed by atoms with Crippen LogP contribution in [0.4, 0.5) is 5.69 Å². The van der Waals surface area contributed by atoms with Crippen molar-refractivity contribution >= 4 is 29.4 Å². The molecular formula is C41H55N3O6. The van der Waals surface area contributed by atoms with Crippen molar-refractivity contribution in [3.05, 3.63) is 52.3 Å². The number of hydrogen-bond acceptors (Lipinski definition) is 6. The molecule has 0 heterocycles. The van der Waals surface area contributed by atoms with Crippen molar-refractivity contribution in [1.82, 2.24) is 10.6 Å². The molecule has 4 aliphatic carbocycles. The summed E-state index contributed by atoms with van der Waals surface area (Å²) in [4.78, 5) is 53.0. The Bertz CT molecular complexity index is 1670. The van der Waals surface area contributed by atoms with Crippen molar-refractivity contribution in [2.45, 2.75) is 123 Å². The van der Waals surface area contributed by atoms with Crippen LogP contribution in [0, 0.1) is 40.4 Å². The number of aliphatic hydroxyl groups excluding tert-OH is 1. The number of terminal acetylenes is 1. The van der Waals surface area contributed by atoms with Crippen LogP contribution in [0.2, 0.25) is 0 Å². The summed E-state index contributed by atoms with van der Waals surface area (Å²) in [5.74, 6) is 0.551. The number of aliphatic carboxylic acids is 1. The average molecular weight is 686 g/mol. The minimum atomic E-state index is -0.951. The topological polar surface area (TPSA) is 145 Å². The second-order valence-corrected chi connectivity index (χ2v) is 16.3. The van der Waals surface area contributed by atoms with Crippen LogP contribution >= 0.6 is 0 Å². The molecule has 2 fully saturated rings. The van der Waals surface area contributed by atoms with Gasteiger partial charge < -0.3 is 20.8 Å². The molecule has 4 aliphatic rings. The molecule has 0 spiro atoms. The van der Waals surface area contributed by atoms with Gasteiger partial charge in [-0.05, 0) is 135 Å². The van der Waals surface area contributed by atoms with E-state index in [9.17, 15) is 24.3 Å². The summed E-state index contributed by atoms with van der Waals surface area (Å²) >= 11 is 0. The van der Waals surface area contributed by atoms with Crippen LogP contribution in [0.5, 0.6) is 0 Å². The minimum absolute atomic E-state index is 0.0104. The van der Waals surface area contributed by atoms with Gasteiger partial charge in [0.15, 0.2) is 5.76 Å². The van der Waals surface area contributed by atoms with Gasteiger partial charge in [-0.1, -0.05) is 52.2 Å². The fourth-order valence-corrected chi connectivity index (χ4v) is 10.7. The minimum Gasteiger partial charge on any atom is -0.501 e. The number of carboxylic acid groups (broad SMARTS) is 1. The van der Waals surface area contributed by atoms with Crippen molar-refractivity contribution < 1.29 is 29.4 Å². The summed E-state index contributed by atoms with van der Waals surface area (Å²) in [5, 5.41) is 28.3. The molecule has 0 bridgehead atoms. The lowest BCUT2D eigenvalue weighted by Gasteiger charge is -2.56. The standard InChI is InChI=1S/C41H55N3O6/c1-8-28(45)24-29-25(2)11-16-32-38(29,3)19-9-21-40(32,5)36(49)44-37(50)41(6)22-10-20-39(4)30-23-27(14-12-26(30)13-17-33(39)41)43-35(48)31(42-7)15-18-34(46)47/h1,12,14,23-24,31-33,42,45H,9-11,13,15-22H2,2-7H3,(H,43,48)(H,46,47)(H,44,49,50)/b28-24+/t31-,32+,33?,38+,39+,40-,41-/m0/s1. The molecule has 9 nitrogen and oxygen atoms in total. The van der Waals surface area contributed by atoms with Gasteiger partial charge in [0.2, 0.25) is 17.7 Å². The number of fused-ring (bicyclic) bond motifs is 4. The first-order chi connectivity index (χ1) is 23.5. The van der Waals surface area contributed by atoms with E-state index in [4.69, 9.17) is 11.5 Å². The maximum atomic E-state index is 14.5. The maximum absolute atomic E-state index is 14.5. The number of allylic oxidation sites excluding steroid dienone is 4. The third-order valence-corrected chi connectivity index (χ3v) is 13.4. The zero-order chi connectivity index (χ0) is 36.6. The molecule has 0 aromatic heterocycles. The predicted molar refractivity (Wildman–Crippen MR) is 194 cm³/mol. The van der Waals surface area contributed by atoms with E-state index in [-0.39, 0.29) is 59.0 Å². The van der Waals surface area contributed by atoms with Crippen molar-refractivity contribution in [3.8, 4) is 12.3 Å². The molecule has 1 aromatic rings. The van der Waals surface area contributed by atoms with Crippen molar-refractivity contribution in [1.29, 1.82) is 0 Å². The number of hydrogen-bond donors (Lipinski definition) is 5. The van der Waals surface area contributed by atoms with Gasteiger partial charge in [-0.3, -0.25) is 24.5 Å². The Balaban J connectivity index is 1.37. The van der Waals surface area contributed by atoms with Gasteiger partial charge in [0.05, 0.1) is 16.9 Å². The van der Waals surface area contributed by atoms with E-state index in [1.807, 2.05) is 26.0 Å². The van der Waals surface area contributed by atoms with E-state index >= 15 is 0 Å². The highest BCUT2D eigenvalue weighted by Gasteiger charge is 2.58. The van der Waals surface area contributed by atoms with Crippen molar-refractivity contribution in [2.24, 2.45) is 28.1 Å². The smallest absolute Gasteiger partial charge is 0.303 e. The number of anilines is 1. The first-order valence-electron chi connectivity index (χ1n) is 18.3. The number of imide groups is 1. The highest BCUT2D eigenvalue weighted by Crippen LogP contribution is 2.61. The Hall–Kier alpha value is -3.90. The Morgan fingerprint density at radius 3 is 2.14 bits per heavy atom. The van der Waals surface area contributed by atoms with E-state index in [1.54, 1.807) is 13.1 Å². The predicted octanol–water partition coefficient (Wildman–Crippen LogP) is 6.73. The van der Waals surface area contributed by atoms with Crippen LogP contribution in [-0.4, -0.2) is 47.0 Å². The van der Waals surface area contributed by atoms with Gasteiger partial charge in [-0.2, -0.15) is 0 Å². The Morgan fingerprint density at radius 2 is 1.54 bits per heavy atom. The summed E-state index contributed by atoms with van der Waals surface area (Å²) in [7, 11) is 1.64. The van der Waals surface area contributed by atoms with Gasteiger partial charge in [-0.15, -0.1) is 6.42 Å². The quantitative estimate of drug-likeness (QED) is 0.110. The van der Waals surface area contributed by atoms with E-state index in [0.29, 0.717) is 18.5 Å². The Morgan fingerprint density at radius 1 is 0.940 bits per heavy atom. The average Bonchev–Trinajstić information content (AvgIpc) is 3.06. The zero-order valence-electron chi connectivity index (χ0n) is 30.6. The summed E-state index contributed by atoms with van der Waals surface area (Å²) < 4.78 is 0. The molecule has 1 aromatic carbocycles. The van der Waals surface area contributed by atoms with E-state index in [0.717, 1.165) is 62.5 Å². The third kappa shape index (κ3) is 6.52. The van der Waals surface area contributed by atoms with E-state index in [1.165, 1.54) is 11.1 Å². The Kier molecular flexibility index (Phi) is 10.5. The summed E-state index contributed by atoms with van der Waals surface area (Å²) in [6.07, 6.45) is 15.3. The molecule has 5 N–H and O–H groups in total. The van der Waals surface area contributed by atoms with Gasteiger partial charge >= 0.3 is 5.97 Å². The normalized spacial score (nSPS) is 32.8. The lowest BCUT2D eigenvalue weighted by Crippen LogP contribution is -2.59. The largest absolute Gasteiger partial charge is 0.501 e. The fraction of sp³-hybridized carbons (Fsp3) is 0.610. The monoisotopic (exact) mass is 685 g/mol. The van der Waals surface area contributed by atoms with Crippen LogP contribution in [0.15, 0.2) is 41.2 Å². The van der Waals surface area contributed by atoms with Gasteiger partial charge in [0, 0.05) is 12.1 Å². The van der Waals surface area contributed by atoms with Crippen LogP contribution in [0.1, 0.15) is 116 Å². The summed E-state index contributed by atoms with van der Waals surface area (Å²) in [6.45, 7) is 10.5. The lowest BCUT2D eigenvalue weighted by atomic mass is 9.49. The van der Waals surface area contributed by atoms with Crippen molar-refractivity contribution in [2.75, 3.05) is 12.4 Å². The number of carbonyl (C=O) groups excluding carboxylic acids is 3. The number of benzene rings is 1. The Labute approximate surface area is 297 Å². The molecule has 0 saturated heterocycles. The van der Waals surface area contributed by atoms with Crippen molar-refractivity contribution in [3.63, 3.8) is 0 Å². The molecular weight excluding hydrogens is 630 g/mol. The molecule has 3 amide bonds. The molecule has 50 heavy (non-hydrogen) atoms. The second kappa shape index (κ2) is 14.0. The highest BCUT2D eigenvalue weighted by molar-refractivity contribution is 6.01. The number of amides is 3. The molecule has 270 valence electrons. The number of likely N-dealkylation sites (N-methyl/N-ethyl adjacent to an activating group) is 1. The SMILES string of the molecule is C#C/C(O)=C\C1=C(C)CC[C@H]2[C@@](C)(C(=O)NC(=O)[C@@]3(C)CCC[C@]4(C)c5cc(NC(=O)[C@H](CCC(=O)O)NC)ccc5CCC34)CCC[C@]12C. The number of aliphatic hydroxyl groups is 1. The zero-order valence-corrected chi connectivity index (χ0v) is 30.6. The van der Waals surface area contributed by atoms with E-state index < -0.39 is 22.8 Å². The summed E-state index contributed by atoms with van der Waals surface area (Å²) in [6, 6.07) is 5.35. The number of carbonyl (C=O) groups is 4. The van der Waals surface area contributed by atoms with E-state index in [2.05, 4.69) is 48.7 Å². The number of aryl methyl sites for hydroxylation is 1. The molecule has 0 radical (unpaired) electrons. The second-order valence-electron chi connectivity index (χ2n) is 16.3. The number of carboxylic acids is 1. The van der Waals surface area contributed by atoms with Crippen LogP contribution in [0.25, 0.3) is 0 Å². The molecule has 9 heteroatoms. The first-order valence-corrected chi connectivity index (χ1v) is 18.3. The molecule has 1 unspecified atom stereocenters. The molecule has 5 rings (SSSR count). The first kappa shape index (κ1) is 37.4. The van der Waals surface area contributed by atoms with Crippen LogP contribution in [0.3, 0.4) is 0 Å². The lowest BCUT2D eigenvalue weighted by molar-refractivity contribution is -0.151. The van der Waals surface area contributed by atoms with Gasteiger partial charge in [0.1, 0.15) is 0 Å². The van der Waals surface area contributed by atoms with Gasteiger partial charge in [0.25, 0.3) is 0 Å². The van der Waals surface area contributed by atoms with Gasteiger partial charge in [-0.25, -0.2) is 0 Å². The molecule has 2 saturated carbocycles. The highest BCUT2D eigenvalue weighted by atomic mass is 16.4.